The minimum Gasteiger partial charge on any atom is -0.480 e. The minimum atomic E-state index is -1.24. The van der Waals surface area contributed by atoms with Gasteiger partial charge in [0.2, 0.25) is 23.6 Å². The van der Waals surface area contributed by atoms with Gasteiger partial charge in [-0.3, -0.25) is 19.2 Å². The summed E-state index contributed by atoms with van der Waals surface area (Å²) in [5.74, 6) is -4.07. The second-order valence-electron chi connectivity index (χ2n) is 8.23. The molecule has 190 valence electrons. The first-order chi connectivity index (χ1) is 15.4. The van der Waals surface area contributed by atoms with Crippen LogP contribution in [0.2, 0.25) is 0 Å². The van der Waals surface area contributed by atoms with Crippen LogP contribution in [0.15, 0.2) is 0 Å². The molecule has 12 nitrogen and oxygen atoms in total. The summed E-state index contributed by atoms with van der Waals surface area (Å²) in [5.41, 5.74) is 16.4. The number of amides is 4. The highest BCUT2D eigenvalue weighted by Gasteiger charge is 2.30. The van der Waals surface area contributed by atoms with E-state index in [9.17, 15) is 29.1 Å². The van der Waals surface area contributed by atoms with E-state index in [4.69, 9.17) is 17.2 Å². The quantitative estimate of drug-likeness (QED) is 0.0858. The molecule has 0 spiro atoms. The third-order valence-corrected chi connectivity index (χ3v) is 5.12. The summed E-state index contributed by atoms with van der Waals surface area (Å²) in [6.45, 7) is 4.08. The number of carboxylic acid groups (broad SMARTS) is 1. The van der Waals surface area contributed by atoms with Gasteiger partial charge in [0, 0.05) is 12.2 Å². The molecule has 33 heavy (non-hydrogen) atoms. The normalized spacial score (nSPS) is 14.6. The summed E-state index contributed by atoms with van der Waals surface area (Å²) in [5, 5.41) is 16.7. The molecule has 0 aromatic rings. The molecular weight excluding hydrogens is 452 g/mol. The fourth-order valence-corrected chi connectivity index (χ4v) is 3.16. The fraction of sp³-hybridized carbons (Fsp3) is 0.750. The number of unbranched alkanes of at least 4 members (excludes halogenated alkanes) is 1. The lowest BCUT2D eigenvalue weighted by molar-refractivity contribution is -0.143. The van der Waals surface area contributed by atoms with Crippen LogP contribution in [0, 0.1) is 5.92 Å². The molecule has 0 aliphatic heterocycles. The molecule has 0 fully saturated rings. The molecule has 0 rings (SSSR count). The Morgan fingerprint density at radius 2 is 1.42 bits per heavy atom. The van der Waals surface area contributed by atoms with Gasteiger partial charge in [-0.2, -0.15) is 12.6 Å². The van der Waals surface area contributed by atoms with E-state index >= 15 is 0 Å². The van der Waals surface area contributed by atoms with E-state index in [1.54, 1.807) is 13.8 Å². The molecular formula is C20H38N6O6S. The molecule has 0 heterocycles. The van der Waals surface area contributed by atoms with Gasteiger partial charge in [-0.15, -0.1) is 0 Å². The number of nitrogens with two attached hydrogens (primary N) is 3. The van der Waals surface area contributed by atoms with Crippen molar-refractivity contribution in [3.05, 3.63) is 0 Å². The van der Waals surface area contributed by atoms with Crippen LogP contribution in [-0.2, 0) is 24.0 Å². The van der Waals surface area contributed by atoms with Gasteiger partial charge in [-0.05, 0) is 38.1 Å². The number of nitrogens with one attached hydrogen (secondary N) is 3. The van der Waals surface area contributed by atoms with Gasteiger partial charge < -0.3 is 38.3 Å². The molecule has 4 atom stereocenters. The highest BCUT2D eigenvalue weighted by Crippen LogP contribution is 2.07. The zero-order valence-electron chi connectivity index (χ0n) is 19.2. The summed E-state index contributed by atoms with van der Waals surface area (Å²) < 4.78 is 0. The van der Waals surface area contributed by atoms with Gasteiger partial charge in [0.1, 0.15) is 18.1 Å². The maximum atomic E-state index is 12.7. The van der Waals surface area contributed by atoms with Crippen molar-refractivity contribution in [2.24, 2.45) is 23.1 Å². The van der Waals surface area contributed by atoms with E-state index in [1.165, 1.54) is 0 Å². The summed E-state index contributed by atoms with van der Waals surface area (Å²) in [4.78, 5) is 60.3. The summed E-state index contributed by atoms with van der Waals surface area (Å²) in [6, 6.07) is -4.35. The average molecular weight is 491 g/mol. The maximum Gasteiger partial charge on any atom is 0.326 e. The number of primary amides is 1. The number of carbonyl (C=O) groups excluding carboxylic acids is 4. The van der Waals surface area contributed by atoms with Crippen molar-refractivity contribution < 1.29 is 29.1 Å². The van der Waals surface area contributed by atoms with E-state index < -0.39 is 53.8 Å². The Kier molecular flexibility index (Phi) is 15.1. The predicted molar refractivity (Wildman–Crippen MR) is 126 cm³/mol. The lowest BCUT2D eigenvalue weighted by Crippen LogP contribution is -2.57. The maximum absolute atomic E-state index is 12.7. The molecule has 0 saturated heterocycles. The van der Waals surface area contributed by atoms with Gasteiger partial charge in [-0.1, -0.05) is 20.3 Å². The Hall–Kier alpha value is -2.38. The van der Waals surface area contributed by atoms with Crippen LogP contribution in [0.4, 0.5) is 0 Å². The van der Waals surface area contributed by atoms with Crippen molar-refractivity contribution in [3.8, 4) is 0 Å². The molecule has 0 aliphatic rings. The van der Waals surface area contributed by atoms with Crippen molar-refractivity contribution in [2.75, 3.05) is 12.3 Å². The summed E-state index contributed by atoms with van der Waals surface area (Å²) >= 11 is 4.08. The van der Waals surface area contributed by atoms with Gasteiger partial charge >= 0.3 is 5.97 Å². The Labute approximate surface area is 199 Å². The van der Waals surface area contributed by atoms with E-state index in [1.807, 2.05) is 0 Å². The van der Waals surface area contributed by atoms with E-state index in [-0.39, 0.29) is 30.9 Å². The molecule has 4 unspecified atom stereocenters. The highest BCUT2D eigenvalue weighted by atomic mass is 32.1. The molecule has 4 amide bonds. The Bertz CT molecular complexity index is 677. The number of carboxylic acids is 1. The molecule has 0 aromatic heterocycles. The number of thiol groups is 1. The third-order valence-electron chi connectivity index (χ3n) is 4.76. The second kappa shape index (κ2) is 16.3. The molecule has 0 radical (unpaired) electrons. The predicted octanol–water partition coefficient (Wildman–Crippen LogP) is -1.78. The number of aliphatic carboxylic acids is 1. The topological polar surface area (TPSA) is 220 Å². The molecule has 0 aliphatic carbocycles. The van der Waals surface area contributed by atoms with Gasteiger partial charge in [0.05, 0.1) is 6.04 Å². The number of hydrogen-bond acceptors (Lipinski definition) is 8. The van der Waals surface area contributed by atoms with Crippen LogP contribution in [-0.4, -0.2) is 71.2 Å². The Balaban J connectivity index is 5.25. The SMILES string of the molecule is CC(C)CC(NC(=O)C(CCC(N)=O)NC(=O)C(CS)NC(=O)C(N)CCCCN)C(=O)O. The van der Waals surface area contributed by atoms with E-state index in [2.05, 4.69) is 28.6 Å². The molecule has 0 bridgehead atoms. The Morgan fingerprint density at radius 3 is 1.91 bits per heavy atom. The monoisotopic (exact) mass is 490 g/mol. The highest BCUT2D eigenvalue weighted by molar-refractivity contribution is 7.80. The molecule has 10 N–H and O–H groups in total. The van der Waals surface area contributed by atoms with Crippen molar-refractivity contribution in [3.63, 3.8) is 0 Å². The summed E-state index contributed by atoms with van der Waals surface area (Å²) in [6.07, 6.45) is 1.56. The van der Waals surface area contributed by atoms with Crippen LogP contribution < -0.4 is 33.2 Å². The van der Waals surface area contributed by atoms with Crippen LogP contribution in [0.3, 0.4) is 0 Å². The lowest BCUT2D eigenvalue weighted by Gasteiger charge is -2.25. The average Bonchev–Trinajstić information content (AvgIpc) is 2.73. The first-order valence-corrected chi connectivity index (χ1v) is 11.5. The van der Waals surface area contributed by atoms with Crippen LogP contribution >= 0.6 is 12.6 Å². The molecule has 0 aromatic carbocycles. The zero-order valence-corrected chi connectivity index (χ0v) is 20.1. The summed E-state index contributed by atoms with van der Waals surface area (Å²) in [7, 11) is 0. The first-order valence-electron chi connectivity index (χ1n) is 10.9. The lowest BCUT2D eigenvalue weighted by atomic mass is 10.0. The van der Waals surface area contributed by atoms with Gasteiger partial charge in [0.25, 0.3) is 0 Å². The standard InChI is InChI=1S/C20H38N6O6S/c1-11(2)9-14(20(31)32)25-18(29)13(6-7-16(23)27)24-19(30)15(10-33)26-17(28)12(22)5-3-4-8-21/h11-15,33H,3-10,21-22H2,1-2H3,(H2,23,27)(H,24,30)(H,25,29)(H,26,28)(H,31,32). The van der Waals surface area contributed by atoms with Crippen molar-refractivity contribution in [1.82, 2.24) is 16.0 Å². The third kappa shape index (κ3) is 13.0. The fourth-order valence-electron chi connectivity index (χ4n) is 2.91. The van der Waals surface area contributed by atoms with Gasteiger partial charge in [0.15, 0.2) is 0 Å². The van der Waals surface area contributed by atoms with Crippen molar-refractivity contribution >= 4 is 42.2 Å². The zero-order chi connectivity index (χ0) is 25.6. The molecule has 0 saturated carbocycles. The number of carbonyl (C=O) groups is 5. The van der Waals surface area contributed by atoms with Crippen LogP contribution in [0.1, 0.15) is 52.4 Å². The second-order valence-corrected chi connectivity index (χ2v) is 8.59. The number of rotatable bonds is 17. The molecule has 13 heteroatoms. The first kappa shape index (κ1) is 30.6. The van der Waals surface area contributed by atoms with Crippen molar-refractivity contribution in [1.29, 1.82) is 0 Å². The Morgan fingerprint density at radius 1 is 0.879 bits per heavy atom. The number of hydrogen-bond donors (Lipinski definition) is 8. The van der Waals surface area contributed by atoms with Crippen LogP contribution in [0.25, 0.3) is 0 Å². The largest absolute Gasteiger partial charge is 0.480 e. The smallest absolute Gasteiger partial charge is 0.326 e. The van der Waals surface area contributed by atoms with E-state index in [0.29, 0.717) is 25.8 Å². The minimum absolute atomic E-state index is 0.0112. The van der Waals surface area contributed by atoms with Crippen LogP contribution in [0.5, 0.6) is 0 Å². The van der Waals surface area contributed by atoms with E-state index in [0.717, 1.165) is 0 Å². The van der Waals surface area contributed by atoms with Crippen molar-refractivity contribution in [2.45, 2.75) is 76.5 Å². The van der Waals surface area contributed by atoms with Gasteiger partial charge in [-0.25, -0.2) is 4.79 Å².